The summed E-state index contributed by atoms with van der Waals surface area (Å²) < 4.78 is 0. The molecule has 0 aliphatic carbocycles. The van der Waals surface area contributed by atoms with Crippen molar-refractivity contribution in [2.75, 3.05) is 32.7 Å². The number of amides is 1. The Morgan fingerprint density at radius 1 is 1.15 bits per heavy atom. The van der Waals surface area contributed by atoms with E-state index in [1.807, 2.05) is 17.5 Å². The molecule has 0 bridgehead atoms. The zero-order valence-corrected chi connectivity index (χ0v) is 16.2. The Kier molecular flexibility index (Phi) is 7.00. The van der Waals surface area contributed by atoms with Gasteiger partial charge in [0.2, 0.25) is 0 Å². The SMILES string of the molecule is C[C@H](C(=O)NCc1cccs1)[NH+]1CC[NH+](C/C=C/c2ccccc2)CC1. The molecular formula is C21H29N3OS+2. The van der Waals surface area contributed by atoms with Gasteiger partial charge in [0, 0.05) is 4.88 Å². The van der Waals surface area contributed by atoms with Gasteiger partial charge < -0.3 is 15.1 Å². The fraction of sp³-hybridized carbons (Fsp3) is 0.381. The largest absolute Gasteiger partial charge is 0.346 e. The third-order valence-corrected chi connectivity index (χ3v) is 6.01. The van der Waals surface area contributed by atoms with Crippen molar-refractivity contribution in [2.45, 2.75) is 19.5 Å². The number of piperazine rings is 1. The minimum Gasteiger partial charge on any atom is -0.346 e. The fourth-order valence-corrected chi connectivity index (χ4v) is 4.06. The summed E-state index contributed by atoms with van der Waals surface area (Å²) in [7, 11) is 0. The molecular weight excluding hydrogens is 342 g/mol. The summed E-state index contributed by atoms with van der Waals surface area (Å²) in [6, 6.07) is 14.6. The van der Waals surface area contributed by atoms with Crippen LogP contribution >= 0.6 is 11.3 Å². The lowest BCUT2D eigenvalue weighted by Gasteiger charge is -2.32. The second kappa shape index (κ2) is 9.67. The van der Waals surface area contributed by atoms with E-state index in [1.54, 1.807) is 16.2 Å². The number of carbonyl (C=O) groups is 1. The second-order valence-electron chi connectivity index (χ2n) is 6.94. The molecule has 1 aromatic carbocycles. The van der Waals surface area contributed by atoms with Crippen molar-refractivity contribution in [1.29, 1.82) is 0 Å². The lowest BCUT2D eigenvalue weighted by Crippen LogP contribution is -3.30. The molecule has 0 radical (unpaired) electrons. The van der Waals surface area contributed by atoms with E-state index in [-0.39, 0.29) is 11.9 Å². The summed E-state index contributed by atoms with van der Waals surface area (Å²) in [4.78, 5) is 16.6. The zero-order valence-electron chi connectivity index (χ0n) is 15.4. The minimum atomic E-state index is 0.0244. The van der Waals surface area contributed by atoms with Gasteiger partial charge in [-0.25, -0.2) is 0 Å². The van der Waals surface area contributed by atoms with Gasteiger partial charge in [-0.3, -0.25) is 4.79 Å². The van der Waals surface area contributed by atoms with E-state index >= 15 is 0 Å². The standard InChI is InChI=1S/C21H27N3OS/c1-18(21(25)22-17-20-10-6-16-26-20)24-14-12-23(13-15-24)11-5-9-19-7-3-2-4-8-19/h2-10,16,18H,11-15,17H2,1H3,(H,22,25)/p+2/b9-5+/t18-/m1/s1. The van der Waals surface area contributed by atoms with Gasteiger partial charge in [-0.05, 0) is 30.0 Å². The number of nitrogens with one attached hydrogen (secondary N) is 3. The van der Waals surface area contributed by atoms with Crippen LogP contribution in [0.1, 0.15) is 17.4 Å². The highest BCUT2D eigenvalue weighted by molar-refractivity contribution is 7.09. The van der Waals surface area contributed by atoms with Crippen molar-refractivity contribution in [3.63, 3.8) is 0 Å². The fourth-order valence-electron chi connectivity index (χ4n) is 3.41. The summed E-state index contributed by atoms with van der Waals surface area (Å²) >= 11 is 1.69. The molecule has 1 fully saturated rings. The molecule has 2 heterocycles. The Labute approximate surface area is 160 Å². The van der Waals surface area contributed by atoms with E-state index in [0.29, 0.717) is 6.54 Å². The number of benzene rings is 1. The second-order valence-corrected chi connectivity index (χ2v) is 7.98. The number of rotatable bonds is 7. The van der Waals surface area contributed by atoms with Crippen molar-refractivity contribution in [3.05, 3.63) is 64.4 Å². The summed E-state index contributed by atoms with van der Waals surface area (Å²) in [6.07, 6.45) is 4.47. The van der Waals surface area contributed by atoms with E-state index < -0.39 is 0 Å². The molecule has 1 aromatic heterocycles. The van der Waals surface area contributed by atoms with Crippen molar-refractivity contribution < 1.29 is 14.6 Å². The molecule has 0 spiro atoms. The molecule has 0 unspecified atom stereocenters. The Balaban J connectivity index is 1.38. The molecule has 1 saturated heterocycles. The van der Waals surface area contributed by atoms with Crippen LogP contribution in [-0.4, -0.2) is 44.7 Å². The third-order valence-electron chi connectivity index (χ3n) is 5.14. The van der Waals surface area contributed by atoms with Crippen LogP contribution in [0.25, 0.3) is 6.08 Å². The molecule has 2 aromatic rings. The normalized spacial score (nSPS) is 21.6. The Morgan fingerprint density at radius 3 is 2.62 bits per heavy atom. The van der Waals surface area contributed by atoms with Gasteiger partial charge in [0.15, 0.2) is 6.04 Å². The lowest BCUT2D eigenvalue weighted by molar-refractivity contribution is -1.02. The predicted molar refractivity (Wildman–Crippen MR) is 107 cm³/mol. The molecule has 5 heteroatoms. The monoisotopic (exact) mass is 371 g/mol. The minimum absolute atomic E-state index is 0.0244. The molecule has 3 rings (SSSR count). The molecule has 1 amide bonds. The number of hydrogen-bond acceptors (Lipinski definition) is 2. The van der Waals surface area contributed by atoms with Crippen molar-refractivity contribution in [2.24, 2.45) is 0 Å². The maximum absolute atomic E-state index is 12.4. The van der Waals surface area contributed by atoms with Crippen LogP contribution in [0.4, 0.5) is 0 Å². The van der Waals surface area contributed by atoms with Crippen LogP contribution < -0.4 is 15.1 Å². The first kappa shape index (κ1) is 18.8. The Bertz CT molecular complexity index is 691. The maximum Gasteiger partial charge on any atom is 0.278 e. The van der Waals surface area contributed by atoms with Crippen LogP contribution in [0.15, 0.2) is 53.9 Å². The van der Waals surface area contributed by atoms with E-state index in [1.165, 1.54) is 15.3 Å². The van der Waals surface area contributed by atoms with Crippen LogP contribution in [0.2, 0.25) is 0 Å². The van der Waals surface area contributed by atoms with E-state index in [2.05, 4.69) is 54.7 Å². The third kappa shape index (κ3) is 5.53. The van der Waals surface area contributed by atoms with Crippen LogP contribution in [0.3, 0.4) is 0 Å². The zero-order chi connectivity index (χ0) is 18.2. The highest BCUT2D eigenvalue weighted by atomic mass is 32.1. The average molecular weight is 372 g/mol. The van der Waals surface area contributed by atoms with Crippen LogP contribution in [-0.2, 0) is 11.3 Å². The molecule has 1 aliphatic heterocycles. The van der Waals surface area contributed by atoms with Gasteiger partial charge in [-0.15, -0.1) is 11.3 Å². The molecule has 4 nitrogen and oxygen atoms in total. The van der Waals surface area contributed by atoms with E-state index in [0.717, 1.165) is 32.7 Å². The first-order chi connectivity index (χ1) is 12.7. The molecule has 1 atom stereocenters. The first-order valence-electron chi connectivity index (χ1n) is 9.42. The average Bonchev–Trinajstić information content (AvgIpc) is 3.20. The highest BCUT2D eigenvalue weighted by Crippen LogP contribution is 2.07. The molecule has 1 aliphatic rings. The number of hydrogen-bond donors (Lipinski definition) is 3. The molecule has 26 heavy (non-hydrogen) atoms. The van der Waals surface area contributed by atoms with Gasteiger partial charge in [-0.1, -0.05) is 42.5 Å². The van der Waals surface area contributed by atoms with Gasteiger partial charge in [0.05, 0.1) is 13.1 Å². The van der Waals surface area contributed by atoms with Gasteiger partial charge in [0.1, 0.15) is 26.2 Å². The Hall–Kier alpha value is -1.95. The van der Waals surface area contributed by atoms with Crippen molar-refractivity contribution in [1.82, 2.24) is 5.32 Å². The van der Waals surface area contributed by atoms with E-state index in [9.17, 15) is 4.79 Å². The summed E-state index contributed by atoms with van der Waals surface area (Å²) in [5, 5.41) is 5.12. The number of quaternary nitrogens is 2. The smallest absolute Gasteiger partial charge is 0.278 e. The van der Waals surface area contributed by atoms with Crippen LogP contribution in [0.5, 0.6) is 0 Å². The first-order valence-corrected chi connectivity index (χ1v) is 10.3. The van der Waals surface area contributed by atoms with Gasteiger partial charge >= 0.3 is 0 Å². The van der Waals surface area contributed by atoms with Gasteiger partial charge in [0.25, 0.3) is 5.91 Å². The van der Waals surface area contributed by atoms with Gasteiger partial charge in [-0.2, -0.15) is 0 Å². The van der Waals surface area contributed by atoms with E-state index in [4.69, 9.17) is 0 Å². The lowest BCUT2D eigenvalue weighted by atomic mass is 10.2. The number of thiophene rings is 1. The molecule has 138 valence electrons. The maximum atomic E-state index is 12.4. The Morgan fingerprint density at radius 2 is 1.92 bits per heavy atom. The summed E-state index contributed by atoms with van der Waals surface area (Å²) in [5.41, 5.74) is 1.26. The predicted octanol–water partition coefficient (Wildman–Crippen LogP) is 0.250. The highest BCUT2D eigenvalue weighted by Gasteiger charge is 2.30. The molecule has 3 N–H and O–H groups in total. The summed E-state index contributed by atoms with van der Waals surface area (Å²) in [6.45, 7) is 8.12. The molecule has 0 saturated carbocycles. The van der Waals surface area contributed by atoms with Crippen molar-refractivity contribution in [3.8, 4) is 0 Å². The topological polar surface area (TPSA) is 38.0 Å². The quantitative estimate of drug-likeness (QED) is 0.641. The number of carbonyl (C=O) groups excluding carboxylic acids is 1. The van der Waals surface area contributed by atoms with Crippen LogP contribution in [0, 0.1) is 0 Å². The summed E-state index contributed by atoms with van der Waals surface area (Å²) in [5.74, 6) is 0.167. The van der Waals surface area contributed by atoms with Crippen molar-refractivity contribution >= 4 is 23.3 Å².